The number of hydrogen-bond donors (Lipinski definition) is 2. The van der Waals surface area contributed by atoms with Crippen LogP contribution in [0, 0.1) is 11.6 Å². The average molecular weight is 568 g/mol. The summed E-state index contributed by atoms with van der Waals surface area (Å²) in [4.78, 5) is 9.18. The molecular formula is C27H24BrF2N5O2. The molecule has 5 aromatic rings. The Hall–Kier alpha value is -3.76. The highest BCUT2D eigenvalue weighted by atomic mass is 79.9. The van der Waals surface area contributed by atoms with Crippen molar-refractivity contribution in [1.82, 2.24) is 19.7 Å². The van der Waals surface area contributed by atoms with Gasteiger partial charge in [0.25, 0.3) is 0 Å². The van der Waals surface area contributed by atoms with Crippen molar-refractivity contribution >= 4 is 32.5 Å². The maximum Gasteiger partial charge on any atom is 0.137 e. The largest absolute Gasteiger partial charge is 0.497 e. The molecule has 0 amide bonds. The number of H-pyrrole nitrogens is 1. The number of nitrogens with one attached hydrogen (secondary N) is 1. The van der Waals surface area contributed by atoms with Gasteiger partial charge in [0.05, 0.1) is 20.2 Å². The third-order valence-electron chi connectivity index (χ3n) is 6.30. The third-order valence-corrected chi connectivity index (χ3v) is 6.80. The fraction of sp³-hybridized carbons (Fsp3) is 0.185. The van der Waals surface area contributed by atoms with Gasteiger partial charge in [0.15, 0.2) is 0 Å². The summed E-state index contributed by atoms with van der Waals surface area (Å²) in [5.41, 5.74) is 0.917. The number of ether oxygens (including phenoxy) is 1. The zero-order valence-corrected chi connectivity index (χ0v) is 21.5. The zero-order chi connectivity index (χ0) is 26.0. The van der Waals surface area contributed by atoms with Gasteiger partial charge in [0, 0.05) is 45.4 Å². The molecule has 0 fully saturated rings. The van der Waals surface area contributed by atoms with Crippen LogP contribution < -0.4 is 9.64 Å². The van der Waals surface area contributed by atoms with Gasteiger partial charge in [-0.25, -0.2) is 18.4 Å². The van der Waals surface area contributed by atoms with Crippen LogP contribution in [-0.4, -0.2) is 38.5 Å². The van der Waals surface area contributed by atoms with Crippen LogP contribution in [-0.2, 0) is 18.7 Å². The summed E-state index contributed by atoms with van der Waals surface area (Å²) >= 11 is 3.50. The summed E-state index contributed by atoms with van der Waals surface area (Å²) in [6.07, 6.45) is 4.71. The Labute approximate surface area is 220 Å². The Morgan fingerprint density at radius 1 is 1.11 bits per heavy atom. The first-order chi connectivity index (χ1) is 17.8. The lowest BCUT2D eigenvalue weighted by Crippen LogP contribution is -2.44. The van der Waals surface area contributed by atoms with Crippen molar-refractivity contribution in [3.05, 3.63) is 107 Å². The average Bonchev–Trinajstić information content (AvgIpc) is 3.53. The minimum atomic E-state index is -1.78. The maximum absolute atomic E-state index is 15.1. The number of nitrogens with zero attached hydrogens (tertiary/aromatic N) is 4. The Kier molecular flexibility index (Phi) is 6.94. The first-order valence-corrected chi connectivity index (χ1v) is 12.3. The standard InChI is InChI=1S/C27H24BrF2N5O2/c1-37-22-6-4-21(5-7-22)34(13-18-12-32-26-10-19(28)2-8-23(18)26)14-27(36,15-35-17-31-16-33-35)24-9-3-20(29)11-25(24)30/h2-12,16-17,32,36H,13-15H2,1H3. The molecule has 0 radical (unpaired) electrons. The highest BCUT2D eigenvalue weighted by Crippen LogP contribution is 2.32. The van der Waals surface area contributed by atoms with Crippen molar-refractivity contribution in [2.75, 3.05) is 18.6 Å². The van der Waals surface area contributed by atoms with E-state index in [9.17, 15) is 9.50 Å². The summed E-state index contributed by atoms with van der Waals surface area (Å²) in [7, 11) is 1.59. The fourth-order valence-corrected chi connectivity index (χ4v) is 4.87. The first kappa shape index (κ1) is 24.9. The summed E-state index contributed by atoms with van der Waals surface area (Å²) in [5.74, 6) is -0.876. The van der Waals surface area contributed by atoms with Crippen LogP contribution in [0.5, 0.6) is 5.75 Å². The lowest BCUT2D eigenvalue weighted by molar-refractivity contribution is 0.0182. The van der Waals surface area contributed by atoms with E-state index in [4.69, 9.17) is 4.74 Å². The van der Waals surface area contributed by atoms with Gasteiger partial charge in [-0.1, -0.05) is 28.1 Å². The zero-order valence-electron chi connectivity index (χ0n) is 19.9. The highest BCUT2D eigenvalue weighted by molar-refractivity contribution is 9.10. The molecule has 37 heavy (non-hydrogen) atoms. The second-order valence-electron chi connectivity index (χ2n) is 8.81. The molecule has 2 heterocycles. The van der Waals surface area contributed by atoms with Crippen LogP contribution in [0.3, 0.4) is 0 Å². The van der Waals surface area contributed by atoms with Crippen molar-refractivity contribution in [1.29, 1.82) is 0 Å². The van der Waals surface area contributed by atoms with E-state index in [1.165, 1.54) is 23.4 Å². The van der Waals surface area contributed by atoms with Gasteiger partial charge in [0.2, 0.25) is 0 Å². The molecule has 3 aromatic carbocycles. The number of halogens is 3. The van der Waals surface area contributed by atoms with Crippen molar-refractivity contribution in [2.45, 2.75) is 18.7 Å². The molecule has 1 unspecified atom stereocenters. The van der Waals surface area contributed by atoms with Crippen LogP contribution in [0.15, 0.2) is 84.0 Å². The van der Waals surface area contributed by atoms with E-state index in [0.29, 0.717) is 12.3 Å². The summed E-state index contributed by atoms with van der Waals surface area (Å²) in [6, 6.07) is 16.6. The van der Waals surface area contributed by atoms with E-state index < -0.39 is 17.2 Å². The predicted octanol–water partition coefficient (Wildman–Crippen LogP) is 5.40. The van der Waals surface area contributed by atoms with Crippen LogP contribution in [0.25, 0.3) is 10.9 Å². The molecule has 0 aliphatic heterocycles. The van der Waals surface area contributed by atoms with Crippen molar-refractivity contribution in [3.8, 4) is 5.75 Å². The number of aromatic nitrogens is 4. The molecule has 0 aliphatic rings. The number of rotatable bonds is 9. The second-order valence-corrected chi connectivity index (χ2v) is 9.72. The van der Waals surface area contributed by atoms with Crippen LogP contribution in [0.2, 0.25) is 0 Å². The molecule has 0 spiro atoms. The molecular weight excluding hydrogens is 544 g/mol. The topological polar surface area (TPSA) is 79.2 Å². The van der Waals surface area contributed by atoms with Crippen LogP contribution >= 0.6 is 15.9 Å². The number of anilines is 1. The van der Waals surface area contributed by atoms with Gasteiger partial charge < -0.3 is 19.7 Å². The quantitative estimate of drug-likeness (QED) is 0.249. The van der Waals surface area contributed by atoms with Gasteiger partial charge in [-0.05, 0) is 48.0 Å². The lowest BCUT2D eigenvalue weighted by Gasteiger charge is -2.36. The molecule has 5 rings (SSSR count). The molecule has 0 aliphatic carbocycles. The fourth-order valence-electron chi connectivity index (χ4n) is 4.51. The van der Waals surface area contributed by atoms with Gasteiger partial charge in [-0.15, -0.1) is 0 Å². The van der Waals surface area contributed by atoms with Crippen molar-refractivity contribution in [2.24, 2.45) is 0 Å². The summed E-state index contributed by atoms with van der Waals surface area (Å²) < 4.78 is 36.5. The van der Waals surface area contributed by atoms with E-state index in [1.807, 2.05) is 53.6 Å². The number of fused-ring (bicyclic) bond motifs is 1. The molecule has 2 aromatic heterocycles. The van der Waals surface area contributed by atoms with E-state index in [0.717, 1.165) is 38.8 Å². The smallest absolute Gasteiger partial charge is 0.137 e. The third kappa shape index (κ3) is 5.35. The number of methoxy groups -OCH3 is 1. The monoisotopic (exact) mass is 567 g/mol. The summed E-state index contributed by atoms with van der Waals surface area (Å²) in [5, 5.41) is 17.1. The minimum Gasteiger partial charge on any atom is -0.497 e. The molecule has 10 heteroatoms. The summed E-state index contributed by atoms with van der Waals surface area (Å²) in [6.45, 7) is 0.282. The number of aliphatic hydroxyl groups is 1. The maximum atomic E-state index is 15.1. The first-order valence-electron chi connectivity index (χ1n) is 11.5. The Balaban J connectivity index is 1.58. The van der Waals surface area contributed by atoms with Gasteiger partial charge in [0.1, 0.15) is 35.6 Å². The lowest BCUT2D eigenvalue weighted by atomic mass is 9.91. The number of benzene rings is 3. The van der Waals surface area contributed by atoms with Crippen LogP contribution in [0.4, 0.5) is 14.5 Å². The second kappa shape index (κ2) is 10.3. The Morgan fingerprint density at radius 3 is 2.62 bits per heavy atom. The molecule has 2 N–H and O–H groups in total. The molecule has 1 atom stereocenters. The Bertz CT molecular complexity index is 1510. The van der Waals surface area contributed by atoms with E-state index >= 15 is 4.39 Å². The van der Waals surface area contributed by atoms with Gasteiger partial charge in [-0.2, -0.15) is 5.10 Å². The predicted molar refractivity (Wildman–Crippen MR) is 140 cm³/mol. The number of hydrogen-bond acceptors (Lipinski definition) is 5. The highest BCUT2D eigenvalue weighted by Gasteiger charge is 2.36. The van der Waals surface area contributed by atoms with Crippen LogP contribution in [0.1, 0.15) is 11.1 Å². The Morgan fingerprint density at radius 2 is 1.92 bits per heavy atom. The van der Waals surface area contributed by atoms with E-state index in [1.54, 1.807) is 7.11 Å². The van der Waals surface area contributed by atoms with Gasteiger partial charge in [-0.3, -0.25) is 0 Å². The molecule has 0 saturated heterocycles. The van der Waals surface area contributed by atoms with E-state index in [2.05, 4.69) is 31.0 Å². The number of aromatic amines is 1. The van der Waals surface area contributed by atoms with E-state index in [-0.39, 0.29) is 18.7 Å². The molecule has 0 bridgehead atoms. The van der Waals surface area contributed by atoms with Crippen molar-refractivity contribution in [3.63, 3.8) is 0 Å². The normalized spacial score (nSPS) is 13.0. The SMILES string of the molecule is COc1ccc(N(Cc2c[nH]c3cc(Br)ccc23)CC(O)(Cn2cncn2)c2ccc(F)cc2F)cc1. The molecule has 0 saturated carbocycles. The molecule has 7 nitrogen and oxygen atoms in total. The van der Waals surface area contributed by atoms with Gasteiger partial charge >= 0.3 is 0 Å². The minimum absolute atomic E-state index is 0.0229. The van der Waals surface area contributed by atoms with Crippen molar-refractivity contribution < 1.29 is 18.6 Å². The molecule has 190 valence electrons.